The topological polar surface area (TPSA) is 102 Å². The van der Waals surface area contributed by atoms with Crippen molar-refractivity contribution in [3.8, 4) is 0 Å². The Bertz CT molecular complexity index is 822. The Morgan fingerprint density at radius 1 is 1.48 bits per heavy atom. The van der Waals surface area contributed by atoms with Gasteiger partial charge in [-0.05, 0) is 13.0 Å². The molecule has 1 N–H and O–H groups in total. The fraction of sp³-hybridized carbons (Fsp3) is 0.100. The first-order chi connectivity index (χ1) is 9.70. The van der Waals surface area contributed by atoms with Crippen molar-refractivity contribution in [2.75, 3.05) is 4.72 Å². The molecular weight excluding hydrogens is 345 g/mol. The third kappa shape index (κ3) is 3.28. The van der Waals surface area contributed by atoms with Crippen LogP contribution in [0.5, 0.6) is 0 Å². The number of thiazole rings is 1. The molecule has 2 rings (SSSR count). The van der Waals surface area contributed by atoms with Gasteiger partial charge >= 0.3 is 5.69 Å². The molecule has 1 aromatic carbocycles. The van der Waals surface area contributed by atoms with E-state index in [0.717, 1.165) is 29.5 Å². The second-order valence-corrected chi connectivity index (χ2v) is 7.33. The minimum absolute atomic E-state index is 0.0581. The van der Waals surface area contributed by atoms with Crippen LogP contribution in [-0.4, -0.2) is 18.3 Å². The largest absolute Gasteiger partial charge is 0.304 e. The maximum atomic E-state index is 13.5. The maximum absolute atomic E-state index is 13.5. The van der Waals surface area contributed by atoms with E-state index in [1.807, 2.05) is 0 Å². The molecule has 11 heteroatoms. The highest BCUT2D eigenvalue weighted by atomic mass is 35.5. The normalized spacial score (nSPS) is 11.4. The summed E-state index contributed by atoms with van der Waals surface area (Å²) in [6, 6.07) is 2.70. The number of aryl methyl sites for hydroxylation is 1. The summed E-state index contributed by atoms with van der Waals surface area (Å²) in [7, 11) is -3.99. The zero-order chi connectivity index (χ0) is 15.8. The van der Waals surface area contributed by atoms with Gasteiger partial charge in [-0.1, -0.05) is 22.9 Å². The first-order valence-corrected chi connectivity index (χ1v) is 7.98. The van der Waals surface area contributed by atoms with E-state index in [4.69, 9.17) is 11.6 Å². The van der Waals surface area contributed by atoms with E-state index < -0.39 is 26.5 Å². The van der Waals surface area contributed by atoms with Crippen LogP contribution >= 0.6 is 22.9 Å². The Labute approximate surface area is 127 Å². The highest BCUT2D eigenvalue weighted by Gasteiger charge is 2.23. The first-order valence-electron chi connectivity index (χ1n) is 5.30. The second kappa shape index (κ2) is 5.54. The minimum atomic E-state index is -3.99. The number of rotatable bonds is 4. The molecule has 112 valence electrons. The number of sulfonamides is 1. The molecule has 0 bridgehead atoms. The molecule has 1 heterocycles. The van der Waals surface area contributed by atoms with Gasteiger partial charge in [0.15, 0.2) is 8.68 Å². The fourth-order valence-corrected chi connectivity index (χ4v) is 4.31. The molecule has 0 spiro atoms. The Morgan fingerprint density at radius 2 is 2.14 bits per heavy atom. The smallest absolute Gasteiger partial charge is 0.279 e. The molecule has 0 amide bonds. The van der Waals surface area contributed by atoms with Gasteiger partial charge in [0.1, 0.15) is 0 Å². The molecule has 2 aromatic rings. The van der Waals surface area contributed by atoms with Crippen LogP contribution in [0.1, 0.15) is 5.69 Å². The summed E-state index contributed by atoms with van der Waals surface area (Å²) in [5.74, 6) is -1.14. The van der Waals surface area contributed by atoms with E-state index in [0.29, 0.717) is 0 Å². The summed E-state index contributed by atoms with van der Waals surface area (Å²) in [4.78, 5) is 13.4. The molecule has 0 radical (unpaired) electrons. The average Bonchev–Trinajstić information content (AvgIpc) is 2.68. The lowest BCUT2D eigenvalue weighted by Crippen LogP contribution is -2.13. The SMILES string of the molecule is Cc1nc(Cl)sc1S(=O)(=O)Nc1ccc([N+](=O)[O-])c(F)c1. The van der Waals surface area contributed by atoms with Crippen molar-refractivity contribution in [1.29, 1.82) is 0 Å². The van der Waals surface area contributed by atoms with E-state index >= 15 is 0 Å². The standard InChI is InChI=1S/C10H7ClFN3O4S2/c1-5-9(20-10(11)13-5)21(18,19)14-6-2-3-8(15(16)17)7(12)4-6/h2-4,14H,1H3. The summed E-state index contributed by atoms with van der Waals surface area (Å²) in [6.07, 6.45) is 0. The van der Waals surface area contributed by atoms with Gasteiger partial charge in [0.2, 0.25) is 5.82 Å². The van der Waals surface area contributed by atoms with Crippen molar-refractivity contribution >= 4 is 44.3 Å². The van der Waals surface area contributed by atoms with Crippen molar-refractivity contribution in [2.24, 2.45) is 0 Å². The number of anilines is 1. The van der Waals surface area contributed by atoms with Gasteiger partial charge in [-0.3, -0.25) is 14.8 Å². The van der Waals surface area contributed by atoms with E-state index in [-0.39, 0.29) is 20.1 Å². The van der Waals surface area contributed by atoms with Crippen LogP contribution in [0.2, 0.25) is 4.47 Å². The number of hydrogen-bond acceptors (Lipinski definition) is 6. The van der Waals surface area contributed by atoms with Gasteiger partial charge in [0, 0.05) is 12.1 Å². The van der Waals surface area contributed by atoms with Gasteiger partial charge in [-0.25, -0.2) is 13.4 Å². The predicted octanol–water partition coefficient (Wildman–Crippen LogP) is 2.95. The molecule has 0 aliphatic carbocycles. The van der Waals surface area contributed by atoms with Crippen LogP contribution in [0.4, 0.5) is 15.8 Å². The van der Waals surface area contributed by atoms with Gasteiger partial charge in [0.25, 0.3) is 10.0 Å². The molecule has 0 aliphatic heterocycles. The van der Waals surface area contributed by atoms with Gasteiger partial charge < -0.3 is 0 Å². The van der Waals surface area contributed by atoms with Gasteiger partial charge in [-0.2, -0.15) is 4.39 Å². The molecule has 1 aromatic heterocycles. The molecule has 0 saturated carbocycles. The summed E-state index contributed by atoms with van der Waals surface area (Å²) in [6.45, 7) is 1.47. The van der Waals surface area contributed by atoms with Crippen LogP contribution < -0.4 is 4.72 Å². The third-order valence-corrected chi connectivity index (χ3v) is 5.62. The fourth-order valence-electron chi connectivity index (χ4n) is 1.52. The lowest BCUT2D eigenvalue weighted by molar-refractivity contribution is -0.387. The van der Waals surface area contributed by atoms with Gasteiger partial charge in [0.05, 0.1) is 16.3 Å². The van der Waals surface area contributed by atoms with Crippen LogP contribution in [0.3, 0.4) is 0 Å². The van der Waals surface area contributed by atoms with Crippen molar-refractivity contribution in [3.05, 3.63) is 44.3 Å². The lowest BCUT2D eigenvalue weighted by atomic mass is 10.3. The van der Waals surface area contributed by atoms with Gasteiger partial charge in [-0.15, -0.1) is 0 Å². The van der Waals surface area contributed by atoms with Crippen LogP contribution in [0, 0.1) is 22.9 Å². The number of nitrogens with one attached hydrogen (secondary N) is 1. The molecule has 0 fully saturated rings. The summed E-state index contributed by atoms with van der Waals surface area (Å²) < 4.78 is 39.7. The number of hydrogen-bond donors (Lipinski definition) is 1. The highest BCUT2D eigenvalue weighted by molar-refractivity contribution is 7.94. The van der Waals surface area contributed by atoms with Crippen LogP contribution in [0.25, 0.3) is 0 Å². The molecule has 0 atom stereocenters. The first kappa shape index (κ1) is 15.6. The lowest BCUT2D eigenvalue weighted by Gasteiger charge is -2.06. The Balaban J connectivity index is 2.35. The summed E-state index contributed by atoms with van der Waals surface area (Å²) in [5.41, 5.74) is -0.670. The minimum Gasteiger partial charge on any atom is -0.279 e. The van der Waals surface area contributed by atoms with Crippen molar-refractivity contribution in [3.63, 3.8) is 0 Å². The summed E-state index contributed by atoms with van der Waals surface area (Å²) >= 11 is 6.39. The number of halogens is 2. The monoisotopic (exact) mass is 351 g/mol. The van der Waals surface area contributed by atoms with E-state index in [9.17, 15) is 22.9 Å². The Kier molecular flexibility index (Phi) is 4.12. The number of benzene rings is 1. The highest BCUT2D eigenvalue weighted by Crippen LogP contribution is 2.29. The van der Waals surface area contributed by atoms with E-state index in [1.165, 1.54) is 6.92 Å². The Hall–Kier alpha value is -1.78. The Morgan fingerprint density at radius 3 is 2.62 bits per heavy atom. The predicted molar refractivity (Wildman–Crippen MR) is 75.7 cm³/mol. The molecular formula is C10H7ClFN3O4S2. The van der Waals surface area contributed by atoms with E-state index in [2.05, 4.69) is 9.71 Å². The molecule has 7 nitrogen and oxygen atoms in total. The zero-order valence-electron chi connectivity index (χ0n) is 10.3. The molecule has 0 saturated heterocycles. The second-order valence-electron chi connectivity index (χ2n) is 3.87. The number of aromatic nitrogens is 1. The number of nitro groups is 1. The number of nitro benzene ring substituents is 1. The summed E-state index contributed by atoms with van der Waals surface area (Å²) in [5, 5.41) is 10.5. The maximum Gasteiger partial charge on any atom is 0.304 e. The molecule has 0 unspecified atom stereocenters. The van der Waals surface area contributed by atoms with Crippen molar-refractivity contribution in [1.82, 2.24) is 4.98 Å². The zero-order valence-corrected chi connectivity index (χ0v) is 12.7. The molecule has 0 aliphatic rings. The van der Waals surface area contributed by atoms with Crippen LogP contribution in [0.15, 0.2) is 22.4 Å². The number of nitrogens with zero attached hydrogens (tertiary/aromatic N) is 2. The quantitative estimate of drug-likeness (QED) is 0.673. The van der Waals surface area contributed by atoms with Crippen molar-refractivity contribution in [2.45, 2.75) is 11.1 Å². The van der Waals surface area contributed by atoms with E-state index in [1.54, 1.807) is 0 Å². The van der Waals surface area contributed by atoms with Crippen molar-refractivity contribution < 1.29 is 17.7 Å². The van der Waals surface area contributed by atoms with Crippen LogP contribution in [-0.2, 0) is 10.0 Å². The average molecular weight is 352 g/mol. The molecule has 21 heavy (non-hydrogen) atoms. The third-order valence-electron chi connectivity index (χ3n) is 2.37.